The lowest BCUT2D eigenvalue weighted by Crippen LogP contribution is -2.43. The fraction of sp³-hybridized carbons (Fsp3) is 0.588. The Balaban J connectivity index is 1.85. The van der Waals surface area contributed by atoms with Crippen LogP contribution in [-0.2, 0) is 4.74 Å². The normalized spacial score (nSPS) is 34.1. The highest BCUT2D eigenvalue weighted by Gasteiger charge is 2.61. The Kier molecular flexibility index (Phi) is 2.86. The first-order valence-corrected chi connectivity index (χ1v) is 7.40. The van der Waals surface area contributed by atoms with Crippen molar-refractivity contribution in [1.29, 1.82) is 0 Å². The third kappa shape index (κ3) is 1.83. The number of hydrogen-bond donors (Lipinski definition) is 1. The summed E-state index contributed by atoms with van der Waals surface area (Å²) in [6, 6.07) is 7.12. The van der Waals surface area contributed by atoms with E-state index in [0.29, 0.717) is 17.2 Å². The number of carbonyl (C=O) groups excluding carboxylic acids is 1. The number of ether oxygens (including phenoxy) is 1. The molecule has 108 valence electrons. The van der Waals surface area contributed by atoms with Gasteiger partial charge in [-0.3, -0.25) is 0 Å². The van der Waals surface area contributed by atoms with Crippen molar-refractivity contribution in [1.82, 2.24) is 0 Å². The second-order valence-electron chi connectivity index (χ2n) is 7.29. The Labute approximate surface area is 120 Å². The molecule has 0 heterocycles. The van der Waals surface area contributed by atoms with E-state index in [1.54, 1.807) is 12.1 Å². The number of nitrogen functional groups attached to an aromatic ring is 1. The van der Waals surface area contributed by atoms with E-state index in [1.165, 1.54) is 12.8 Å². The monoisotopic (exact) mass is 273 g/mol. The second kappa shape index (κ2) is 4.24. The van der Waals surface area contributed by atoms with Gasteiger partial charge in [-0.15, -0.1) is 0 Å². The Morgan fingerprint density at radius 2 is 2.00 bits per heavy atom. The Morgan fingerprint density at radius 3 is 2.60 bits per heavy atom. The van der Waals surface area contributed by atoms with Crippen molar-refractivity contribution in [3.05, 3.63) is 29.8 Å². The minimum atomic E-state index is -0.282. The molecule has 3 heteroatoms. The summed E-state index contributed by atoms with van der Waals surface area (Å²) in [6.45, 7) is 6.72. The van der Waals surface area contributed by atoms with Gasteiger partial charge in [0.15, 0.2) is 0 Å². The smallest absolute Gasteiger partial charge is 0.340 e. The Hall–Kier alpha value is -1.51. The molecule has 2 bridgehead atoms. The van der Waals surface area contributed by atoms with Crippen LogP contribution in [0.2, 0.25) is 0 Å². The van der Waals surface area contributed by atoms with Crippen LogP contribution in [0.5, 0.6) is 0 Å². The molecular weight excluding hydrogens is 250 g/mol. The van der Waals surface area contributed by atoms with Crippen molar-refractivity contribution >= 4 is 11.7 Å². The zero-order valence-corrected chi connectivity index (χ0v) is 12.5. The first kappa shape index (κ1) is 13.5. The van der Waals surface area contributed by atoms with E-state index in [-0.39, 0.29) is 22.9 Å². The van der Waals surface area contributed by atoms with Crippen molar-refractivity contribution in [2.45, 2.75) is 46.1 Å². The third-order valence-electron chi connectivity index (χ3n) is 5.54. The minimum Gasteiger partial charge on any atom is -0.458 e. The van der Waals surface area contributed by atoms with Crippen molar-refractivity contribution in [3.63, 3.8) is 0 Å². The van der Waals surface area contributed by atoms with Crippen molar-refractivity contribution in [3.8, 4) is 0 Å². The molecule has 3 nitrogen and oxygen atoms in total. The predicted molar refractivity (Wildman–Crippen MR) is 79.3 cm³/mol. The first-order valence-electron chi connectivity index (χ1n) is 7.40. The molecule has 0 amide bonds. The van der Waals surface area contributed by atoms with Gasteiger partial charge in [0, 0.05) is 16.5 Å². The van der Waals surface area contributed by atoms with Crippen LogP contribution in [0.1, 0.15) is 50.4 Å². The van der Waals surface area contributed by atoms with Crippen LogP contribution < -0.4 is 5.73 Å². The van der Waals surface area contributed by atoms with Crippen LogP contribution in [0, 0.1) is 16.7 Å². The van der Waals surface area contributed by atoms with Gasteiger partial charge in [-0.2, -0.15) is 0 Å². The van der Waals surface area contributed by atoms with E-state index >= 15 is 0 Å². The fourth-order valence-corrected chi connectivity index (χ4v) is 4.40. The van der Waals surface area contributed by atoms with Gasteiger partial charge in [0.25, 0.3) is 0 Å². The molecule has 0 radical (unpaired) electrons. The van der Waals surface area contributed by atoms with E-state index in [0.717, 1.165) is 6.42 Å². The van der Waals surface area contributed by atoms with Crippen LogP contribution in [0.4, 0.5) is 5.69 Å². The molecule has 2 N–H and O–H groups in total. The van der Waals surface area contributed by atoms with Gasteiger partial charge in [0.2, 0.25) is 0 Å². The number of fused-ring (bicyclic) bond motifs is 2. The number of rotatable bonds is 2. The van der Waals surface area contributed by atoms with Gasteiger partial charge < -0.3 is 10.5 Å². The number of hydrogen-bond acceptors (Lipinski definition) is 3. The molecule has 20 heavy (non-hydrogen) atoms. The Morgan fingerprint density at radius 1 is 1.30 bits per heavy atom. The molecule has 2 aliphatic rings. The summed E-state index contributed by atoms with van der Waals surface area (Å²) in [5.41, 5.74) is 7.04. The summed E-state index contributed by atoms with van der Waals surface area (Å²) in [5, 5.41) is 0. The number of esters is 1. The molecule has 0 aliphatic heterocycles. The fourth-order valence-electron chi connectivity index (χ4n) is 4.40. The van der Waals surface area contributed by atoms with E-state index in [9.17, 15) is 4.79 Å². The van der Waals surface area contributed by atoms with Crippen molar-refractivity contribution in [2.24, 2.45) is 16.7 Å². The molecule has 0 spiro atoms. The van der Waals surface area contributed by atoms with Crippen LogP contribution in [0.15, 0.2) is 24.3 Å². The summed E-state index contributed by atoms with van der Waals surface area (Å²) >= 11 is 0. The molecule has 0 unspecified atom stereocenters. The van der Waals surface area contributed by atoms with Gasteiger partial charge >= 0.3 is 5.97 Å². The Bertz CT molecular complexity index is 547. The number of carbonyl (C=O) groups is 1. The van der Waals surface area contributed by atoms with Crippen LogP contribution in [0.3, 0.4) is 0 Å². The zero-order valence-electron chi connectivity index (χ0n) is 12.5. The number of para-hydroxylation sites is 1. The minimum absolute atomic E-state index is 0.0131. The number of anilines is 1. The topological polar surface area (TPSA) is 52.3 Å². The van der Waals surface area contributed by atoms with E-state index < -0.39 is 0 Å². The first-order chi connectivity index (χ1) is 9.34. The molecule has 2 fully saturated rings. The highest BCUT2D eigenvalue weighted by atomic mass is 16.5. The maximum atomic E-state index is 12.4. The lowest BCUT2D eigenvalue weighted by Gasteiger charge is -2.41. The third-order valence-corrected chi connectivity index (χ3v) is 5.54. The predicted octanol–water partition coefficient (Wildman–Crippen LogP) is 3.64. The van der Waals surface area contributed by atoms with Gasteiger partial charge in [0.05, 0.1) is 5.56 Å². The van der Waals surface area contributed by atoms with Gasteiger partial charge in [0.1, 0.15) is 6.10 Å². The van der Waals surface area contributed by atoms with Gasteiger partial charge in [-0.1, -0.05) is 32.9 Å². The largest absolute Gasteiger partial charge is 0.458 e. The second-order valence-corrected chi connectivity index (χ2v) is 7.29. The van der Waals surface area contributed by atoms with Crippen molar-refractivity contribution < 1.29 is 9.53 Å². The summed E-state index contributed by atoms with van der Waals surface area (Å²) in [4.78, 5) is 12.4. The van der Waals surface area contributed by atoms with Crippen LogP contribution in [0.25, 0.3) is 0 Å². The van der Waals surface area contributed by atoms with Gasteiger partial charge in [-0.05, 0) is 37.3 Å². The maximum Gasteiger partial charge on any atom is 0.340 e. The molecule has 3 rings (SSSR count). The molecule has 3 atom stereocenters. The molecular formula is C17H23NO2. The van der Waals surface area contributed by atoms with Crippen LogP contribution >= 0.6 is 0 Å². The molecule has 0 aromatic heterocycles. The molecule has 0 saturated heterocycles. The SMILES string of the molecule is CC1(C)[C@@H]2CC[C@](C)(C2)[C@@H]1OC(=O)c1ccccc1N. The average Bonchev–Trinajstić information content (AvgIpc) is 2.86. The van der Waals surface area contributed by atoms with E-state index in [1.807, 2.05) is 12.1 Å². The van der Waals surface area contributed by atoms with Crippen molar-refractivity contribution in [2.75, 3.05) is 5.73 Å². The highest BCUT2D eigenvalue weighted by Crippen LogP contribution is 2.63. The summed E-state index contributed by atoms with van der Waals surface area (Å²) in [6.07, 6.45) is 3.57. The summed E-state index contributed by atoms with van der Waals surface area (Å²) in [7, 11) is 0. The summed E-state index contributed by atoms with van der Waals surface area (Å²) < 4.78 is 5.91. The molecule has 1 aromatic rings. The van der Waals surface area contributed by atoms with E-state index in [4.69, 9.17) is 10.5 Å². The van der Waals surface area contributed by atoms with Gasteiger partial charge in [-0.25, -0.2) is 4.79 Å². The van der Waals surface area contributed by atoms with E-state index in [2.05, 4.69) is 20.8 Å². The average molecular weight is 273 g/mol. The highest BCUT2D eigenvalue weighted by molar-refractivity contribution is 5.95. The standard InChI is InChI=1S/C17H23NO2/c1-16(2)11-8-9-17(3,10-11)15(16)20-14(19)12-6-4-5-7-13(12)18/h4-7,11,15H,8-10,18H2,1-3H3/t11-,15-,17-/m1/s1. The number of benzene rings is 1. The maximum absolute atomic E-state index is 12.4. The quantitative estimate of drug-likeness (QED) is 0.661. The number of nitrogens with two attached hydrogens (primary N) is 1. The molecule has 2 saturated carbocycles. The zero-order chi connectivity index (χ0) is 14.5. The lowest BCUT2D eigenvalue weighted by atomic mass is 9.70. The summed E-state index contributed by atoms with van der Waals surface area (Å²) in [5.74, 6) is 0.383. The van der Waals surface area contributed by atoms with Crippen LogP contribution in [-0.4, -0.2) is 12.1 Å². The lowest BCUT2D eigenvalue weighted by molar-refractivity contribution is -0.0583. The molecule has 1 aromatic carbocycles. The molecule has 2 aliphatic carbocycles.